The first-order valence-electron chi connectivity index (χ1n) is 12.0. The zero-order valence-electron chi connectivity index (χ0n) is 20.8. The van der Waals surface area contributed by atoms with E-state index in [2.05, 4.69) is 20.6 Å². The maximum atomic E-state index is 14.3. The van der Waals surface area contributed by atoms with Crippen molar-refractivity contribution < 1.29 is 13.6 Å². The van der Waals surface area contributed by atoms with Crippen LogP contribution < -0.4 is 21.1 Å². The maximum absolute atomic E-state index is 14.3. The Labute approximate surface area is 211 Å². The SMILES string of the molecule is Cc1nc2c(N(C)[C@@H]3CCCNC3)c(NC(=O)c3ccc(=O)n(-c4c(F)cccc4F)n3)ccc2n1C. The van der Waals surface area contributed by atoms with Gasteiger partial charge in [0.2, 0.25) is 0 Å². The van der Waals surface area contributed by atoms with Crippen LogP contribution >= 0.6 is 0 Å². The molecule has 11 heteroatoms. The summed E-state index contributed by atoms with van der Waals surface area (Å²) in [5, 5.41) is 10.3. The van der Waals surface area contributed by atoms with Gasteiger partial charge in [-0.25, -0.2) is 13.8 Å². The fraction of sp³-hybridized carbons (Fsp3) is 0.308. The Kier molecular flexibility index (Phi) is 6.46. The summed E-state index contributed by atoms with van der Waals surface area (Å²) in [4.78, 5) is 32.6. The van der Waals surface area contributed by atoms with Crippen molar-refractivity contribution in [2.75, 3.05) is 30.4 Å². The molecule has 1 atom stereocenters. The minimum atomic E-state index is -0.965. The second-order valence-electron chi connectivity index (χ2n) is 9.15. The van der Waals surface area contributed by atoms with Gasteiger partial charge in [-0.15, -0.1) is 0 Å². The second kappa shape index (κ2) is 9.74. The number of imidazole rings is 1. The number of aromatic nitrogens is 4. The minimum Gasteiger partial charge on any atom is -0.367 e. The van der Waals surface area contributed by atoms with E-state index in [9.17, 15) is 18.4 Å². The molecule has 5 rings (SSSR count). The lowest BCUT2D eigenvalue weighted by molar-refractivity contribution is 0.102. The van der Waals surface area contributed by atoms with Crippen molar-refractivity contribution in [2.24, 2.45) is 7.05 Å². The number of hydrogen-bond donors (Lipinski definition) is 2. The molecule has 0 radical (unpaired) electrons. The van der Waals surface area contributed by atoms with Gasteiger partial charge in [-0.3, -0.25) is 9.59 Å². The maximum Gasteiger partial charge on any atom is 0.276 e. The number of aryl methyl sites for hydroxylation is 2. The summed E-state index contributed by atoms with van der Waals surface area (Å²) in [6.07, 6.45) is 2.02. The Morgan fingerprint density at radius 2 is 1.92 bits per heavy atom. The summed E-state index contributed by atoms with van der Waals surface area (Å²) in [6, 6.07) is 9.38. The lowest BCUT2D eigenvalue weighted by Crippen LogP contribution is -2.44. The van der Waals surface area contributed by atoms with E-state index in [1.54, 1.807) is 6.07 Å². The number of hydrogen-bond acceptors (Lipinski definition) is 6. The van der Waals surface area contributed by atoms with E-state index < -0.39 is 28.8 Å². The monoisotopic (exact) mass is 507 g/mol. The van der Waals surface area contributed by atoms with Crippen LogP contribution in [-0.2, 0) is 7.05 Å². The van der Waals surface area contributed by atoms with E-state index in [1.165, 1.54) is 12.1 Å². The summed E-state index contributed by atoms with van der Waals surface area (Å²) >= 11 is 0. The van der Waals surface area contributed by atoms with Crippen molar-refractivity contribution in [2.45, 2.75) is 25.8 Å². The van der Waals surface area contributed by atoms with Gasteiger partial charge in [0.1, 0.15) is 22.7 Å². The predicted octanol–water partition coefficient (Wildman–Crippen LogP) is 3.15. The van der Waals surface area contributed by atoms with Gasteiger partial charge < -0.3 is 20.1 Å². The highest BCUT2D eigenvalue weighted by Gasteiger charge is 2.25. The molecule has 1 aliphatic rings. The Hall–Kier alpha value is -4.12. The molecule has 1 fully saturated rings. The fourth-order valence-electron chi connectivity index (χ4n) is 4.74. The fourth-order valence-corrected chi connectivity index (χ4v) is 4.74. The molecule has 9 nitrogen and oxygen atoms in total. The predicted molar refractivity (Wildman–Crippen MR) is 137 cm³/mol. The molecule has 1 aliphatic heterocycles. The Bertz CT molecular complexity index is 1540. The standard InChI is InChI=1S/C26H27F2N7O2/c1-15-30-23-21(33(15)2)11-9-19(25(23)34(3)16-6-5-13-29-14-16)31-26(37)20-10-12-22(36)35(32-20)24-17(27)7-4-8-18(24)28/h4,7-12,16,29H,5-6,13-14H2,1-3H3,(H,31,37)/t16-/m1/s1. The molecule has 37 heavy (non-hydrogen) atoms. The minimum absolute atomic E-state index is 0.174. The molecule has 2 aromatic heterocycles. The number of nitrogens with one attached hydrogen (secondary N) is 2. The number of nitrogens with zero attached hydrogens (tertiary/aromatic N) is 5. The third kappa shape index (κ3) is 4.46. The van der Waals surface area contributed by atoms with E-state index >= 15 is 0 Å². The number of carbonyl (C=O) groups excluding carboxylic acids is 1. The molecular weight excluding hydrogens is 480 g/mol. The van der Waals surface area contributed by atoms with Crippen LogP contribution in [0.15, 0.2) is 47.3 Å². The number of anilines is 2. The van der Waals surface area contributed by atoms with E-state index in [4.69, 9.17) is 4.98 Å². The normalized spacial score (nSPS) is 15.6. The van der Waals surface area contributed by atoms with Gasteiger partial charge in [-0.1, -0.05) is 6.07 Å². The molecule has 2 N–H and O–H groups in total. The molecule has 0 spiro atoms. The van der Waals surface area contributed by atoms with E-state index in [0.717, 1.165) is 66.7 Å². The number of rotatable bonds is 5. The molecular formula is C26H27F2N7O2. The summed E-state index contributed by atoms with van der Waals surface area (Å²) in [5.41, 5.74) is 1.36. The Balaban J connectivity index is 1.55. The molecule has 4 aromatic rings. The number of piperidine rings is 1. The van der Waals surface area contributed by atoms with Crippen molar-refractivity contribution in [3.63, 3.8) is 0 Å². The van der Waals surface area contributed by atoms with E-state index in [1.807, 2.05) is 31.7 Å². The Morgan fingerprint density at radius 3 is 2.62 bits per heavy atom. The summed E-state index contributed by atoms with van der Waals surface area (Å²) in [6.45, 7) is 3.68. The van der Waals surface area contributed by atoms with Gasteiger partial charge in [0.05, 0.1) is 16.9 Å². The van der Waals surface area contributed by atoms with Crippen molar-refractivity contribution in [3.05, 3.63) is 76.0 Å². The molecule has 0 aliphatic carbocycles. The van der Waals surface area contributed by atoms with Gasteiger partial charge >= 0.3 is 0 Å². The van der Waals surface area contributed by atoms with Gasteiger partial charge in [-0.05, 0) is 56.6 Å². The second-order valence-corrected chi connectivity index (χ2v) is 9.15. The lowest BCUT2D eigenvalue weighted by atomic mass is 10.0. The van der Waals surface area contributed by atoms with Crippen molar-refractivity contribution in [3.8, 4) is 5.69 Å². The van der Waals surface area contributed by atoms with E-state index in [-0.39, 0.29) is 11.7 Å². The highest BCUT2D eigenvalue weighted by atomic mass is 19.1. The van der Waals surface area contributed by atoms with Crippen LogP contribution in [0.25, 0.3) is 16.7 Å². The molecule has 2 aromatic carbocycles. The molecule has 1 amide bonds. The van der Waals surface area contributed by atoms with Crippen LogP contribution in [0.3, 0.4) is 0 Å². The van der Waals surface area contributed by atoms with Crippen LogP contribution in [0.2, 0.25) is 0 Å². The third-order valence-corrected chi connectivity index (χ3v) is 6.85. The molecule has 192 valence electrons. The summed E-state index contributed by atoms with van der Waals surface area (Å²) < 4.78 is 31.2. The largest absolute Gasteiger partial charge is 0.367 e. The first-order valence-corrected chi connectivity index (χ1v) is 12.0. The van der Waals surface area contributed by atoms with Crippen molar-refractivity contribution in [1.82, 2.24) is 24.6 Å². The van der Waals surface area contributed by atoms with Crippen molar-refractivity contribution in [1.29, 1.82) is 0 Å². The smallest absolute Gasteiger partial charge is 0.276 e. The van der Waals surface area contributed by atoms with Gasteiger partial charge in [0.15, 0.2) is 11.6 Å². The number of benzene rings is 2. The molecule has 1 saturated heterocycles. The number of likely N-dealkylation sites (N-methyl/N-ethyl adjacent to an activating group) is 1. The molecule has 0 unspecified atom stereocenters. The molecule has 3 heterocycles. The molecule has 0 saturated carbocycles. The summed E-state index contributed by atoms with van der Waals surface area (Å²) in [7, 11) is 3.91. The van der Waals surface area contributed by atoms with Gasteiger partial charge in [0, 0.05) is 32.7 Å². The first-order chi connectivity index (χ1) is 17.8. The number of carbonyl (C=O) groups is 1. The van der Waals surface area contributed by atoms with Crippen LogP contribution in [0, 0.1) is 18.6 Å². The zero-order chi connectivity index (χ0) is 26.3. The lowest BCUT2D eigenvalue weighted by Gasteiger charge is -2.34. The van der Waals surface area contributed by atoms with Gasteiger partial charge in [0.25, 0.3) is 11.5 Å². The number of halogens is 2. The highest BCUT2D eigenvalue weighted by Crippen LogP contribution is 2.36. The Morgan fingerprint density at radius 1 is 1.16 bits per heavy atom. The van der Waals surface area contributed by atoms with Crippen LogP contribution in [0.5, 0.6) is 0 Å². The third-order valence-electron chi connectivity index (χ3n) is 6.85. The number of para-hydroxylation sites is 1. The van der Waals surface area contributed by atoms with Crippen LogP contribution in [0.1, 0.15) is 29.2 Å². The quantitative estimate of drug-likeness (QED) is 0.431. The van der Waals surface area contributed by atoms with Gasteiger partial charge in [-0.2, -0.15) is 9.78 Å². The topological polar surface area (TPSA) is 97.1 Å². The van der Waals surface area contributed by atoms with Crippen LogP contribution in [0.4, 0.5) is 20.2 Å². The highest BCUT2D eigenvalue weighted by molar-refractivity contribution is 6.08. The number of amides is 1. The average molecular weight is 508 g/mol. The van der Waals surface area contributed by atoms with Crippen LogP contribution in [-0.4, -0.2) is 51.4 Å². The van der Waals surface area contributed by atoms with Crippen molar-refractivity contribution >= 4 is 28.3 Å². The van der Waals surface area contributed by atoms with E-state index in [0.29, 0.717) is 10.4 Å². The molecule has 0 bridgehead atoms. The number of fused-ring (bicyclic) bond motifs is 1. The summed E-state index contributed by atoms with van der Waals surface area (Å²) in [5.74, 6) is -1.73. The zero-order valence-corrected chi connectivity index (χ0v) is 20.8. The average Bonchev–Trinajstić information content (AvgIpc) is 3.18. The first kappa shape index (κ1) is 24.6.